The first-order chi connectivity index (χ1) is 8.13. The molecule has 88 valence electrons. The molecular weight excluding hydrogens is 230 g/mol. The third-order valence-corrected chi connectivity index (χ3v) is 3.04. The lowest BCUT2D eigenvalue weighted by Gasteiger charge is -2.01. The Morgan fingerprint density at radius 2 is 2.24 bits per heavy atom. The quantitative estimate of drug-likeness (QED) is 0.667. The van der Waals surface area contributed by atoms with Crippen LogP contribution in [0.2, 0.25) is 0 Å². The predicted molar refractivity (Wildman–Crippen MR) is 73.0 cm³/mol. The molecule has 0 aliphatic rings. The summed E-state index contributed by atoms with van der Waals surface area (Å²) in [4.78, 5) is 8.68. The molecule has 0 bridgehead atoms. The molecule has 0 aliphatic heterocycles. The van der Waals surface area contributed by atoms with Gasteiger partial charge in [-0.25, -0.2) is 9.98 Å². The van der Waals surface area contributed by atoms with Crippen LogP contribution in [0, 0.1) is 13.8 Å². The Kier molecular flexibility index (Phi) is 3.54. The Hall–Kier alpha value is -1.68. The van der Waals surface area contributed by atoms with E-state index in [1.54, 1.807) is 11.3 Å². The summed E-state index contributed by atoms with van der Waals surface area (Å²) < 4.78 is 0. The third-order valence-electron chi connectivity index (χ3n) is 2.31. The molecule has 0 saturated heterocycles. The van der Waals surface area contributed by atoms with Crippen LogP contribution in [-0.4, -0.2) is 10.8 Å². The molecule has 0 aromatic carbocycles. The molecule has 2 N–H and O–H groups in total. The minimum Gasteiger partial charge on any atom is -0.387 e. The van der Waals surface area contributed by atoms with E-state index in [-0.39, 0.29) is 0 Å². The van der Waals surface area contributed by atoms with Crippen molar-refractivity contribution in [3.8, 4) is 0 Å². The van der Waals surface area contributed by atoms with Gasteiger partial charge in [0.15, 0.2) is 5.82 Å². The molecule has 0 spiro atoms. The number of thiophene rings is 1. The van der Waals surface area contributed by atoms with Crippen molar-refractivity contribution >= 4 is 23.0 Å². The van der Waals surface area contributed by atoms with Gasteiger partial charge in [0.25, 0.3) is 0 Å². The first-order valence-electron chi connectivity index (χ1n) is 5.43. The normalized spacial score (nSPS) is 11.8. The van der Waals surface area contributed by atoms with Gasteiger partial charge < -0.3 is 5.73 Å². The molecule has 3 nitrogen and oxygen atoms in total. The number of aryl methyl sites for hydroxylation is 2. The molecule has 2 aromatic rings. The van der Waals surface area contributed by atoms with Crippen LogP contribution in [0.4, 0.5) is 5.82 Å². The SMILES string of the molecule is Cc1cc(C)nc(/N=C(/N)Cc2ccsc2)c1. The molecular formula is C13H15N3S. The van der Waals surface area contributed by atoms with Gasteiger partial charge >= 0.3 is 0 Å². The van der Waals surface area contributed by atoms with Crippen molar-refractivity contribution < 1.29 is 0 Å². The van der Waals surface area contributed by atoms with E-state index in [1.165, 1.54) is 5.56 Å². The Morgan fingerprint density at radius 3 is 2.88 bits per heavy atom. The van der Waals surface area contributed by atoms with Crippen LogP contribution in [0.5, 0.6) is 0 Å². The highest BCUT2D eigenvalue weighted by Crippen LogP contribution is 2.13. The maximum absolute atomic E-state index is 5.91. The van der Waals surface area contributed by atoms with Crippen molar-refractivity contribution in [2.75, 3.05) is 0 Å². The Bertz CT molecular complexity index is 509. The first kappa shape index (κ1) is 11.8. The summed E-state index contributed by atoms with van der Waals surface area (Å²) >= 11 is 1.67. The molecule has 2 aromatic heterocycles. The van der Waals surface area contributed by atoms with Crippen LogP contribution in [0.15, 0.2) is 34.0 Å². The van der Waals surface area contributed by atoms with E-state index in [1.807, 2.05) is 31.4 Å². The molecule has 0 unspecified atom stereocenters. The Balaban J connectivity index is 2.17. The lowest BCUT2D eigenvalue weighted by Crippen LogP contribution is -2.14. The molecule has 0 atom stereocenters. The van der Waals surface area contributed by atoms with E-state index in [4.69, 9.17) is 5.73 Å². The largest absolute Gasteiger partial charge is 0.387 e. The number of aliphatic imine (C=N–C) groups is 1. The van der Waals surface area contributed by atoms with Crippen molar-refractivity contribution in [1.29, 1.82) is 0 Å². The fourth-order valence-electron chi connectivity index (χ4n) is 1.67. The second-order valence-corrected chi connectivity index (χ2v) is 4.84. The van der Waals surface area contributed by atoms with Gasteiger partial charge in [-0.15, -0.1) is 0 Å². The van der Waals surface area contributed by atoms with Crippen LogP contribution in [0.25, 0.3) is 0 Å². The van der Waals surface area contributed by atoms with Gasteiger partial charge in [-0.05, 0) is 53.9 Å². The minimum absolute atomic E-state index is 0.598. The molecule has 0 radical (unpaired) electrons. The summed E-state index contributed by atoms with van der Waals surface area (Å²) in [6, 6.07) is 6.02. The zero-order valence-electron chi connectivity index (χ0n) is 9.97. The molecule has 17 heavy (non-hydrogen) atoms. The van der Waals surface area contributed by atoms with E-state index in [0.717, 1.165) is 11.3 Å². The third kappa shape index (κ3) is 3.39. The average Bonchev–Trinajstić information content (AvgIpc) is 2.67. The zero-order chi connectivity index (χ0) is 12.3. The number of pyridine rings is 1. The first-order valence-corrected chi connectivity index (χ1v) is 6.37. The molecule has 2 rings (SSSR count). The van der Waals surface area contributed by atoms with Gasteiger partial charge in [-0.2, -0.15) is 11.3 Å². The second kappa shape index (κ2) is 5.10. The van der Waals surface area contributed by atoms with Crippen LogP contribution in [-0.2, 0) is 6.42 Å². The van der Waals surface area contributed by atoms with Crippen molar-refractivity contribution in [3.05, 3.63) is 45.8 Å². The van der Waals surface area contributed by atoms with Crippen molar-refractivity contribution in [3.63, 3.8) is 0 Å². The van der Waals surface area contributed by atoms with Gasteiger partial charge in [0.05, 0.1) is 0 Å². The van der Waals surface area contributed by atoms with Gasteiger partial charge in [-0.1, -0.05) is 0 Å². The summed E-state index contributed by atoms with van der Waals surface area (Å²) in [6.45, 7) is 3.99. The average molecular weight is 245 g/mol. The number of nitrogens with two attached hydrogens (primary N) is 1. The summed E-state index contributed by atoms with van der Waals surface area (Å²) in [5.74, 6) is 1.29. The van der Waals surface area contributed by atoms with Crippen LogP contribution in [0.3, 0.4) is 0 Å². The molecule has 0 saturated carbocycles. The van der Waals surface area contributed by atoms with Crippen LogP contribution < -0.4 is 5.73 Å². The number of hydrogen-bond donors (Lipinski definition) is 1. The highest BCUT2D eigenvalue weighted by molar-refractivity contribution is 7.07. The van der Waals surface area contributed by atoms with E-state index in [0.29, 0.717) is 18.1 Å². The lowest BCUT2D eigenvalue weighted by molar-refractivity contribution is 1.14. The highest BCUT2D eigenvalue weighted by atomic mass is 32.1. The number of amidine groups is 1. The maximum Gasteiger partial charge on any atom is 0.154 e. The number of rotatable bonds is 3. The number of hydrogen-bond acceptors (Lipinski definition) is 3. The Morgan fingerprint density at radius 1 is 1.41 bits per heavy atom. The van der Waals surface area contributed by atoms with Gasteiger partial charge in [0.2, 0.25) is 0 Å². The maximum atomic E-state index is 5.91. The van der Waals surface area contributed by atoms with Gasteiger partial charge in [0.1, 0.15) is 5.84 Å². The summed E-state index contributed by atoms with van der Waals surface area (Å²) in [6.07, 6.45) is 0.679. The Labute approximate surface area is 105 Å². The van der Waals surface area contributed by atoms with Crippen LogP contribution >= 0.6 is 11.3 Å². The predicted octanol–water partition coefficient (Wildman–Crippen LogP) is 2.99. The van der Waals surface area contributed by atoms with Crippen molar-refractivity contribution in [2.45, 2.75) is 20.3 Å². The summed E-state index contributed by atoms with van der Waals surface area (Å²) in [5, 5.41) is 4.12. The standard InChI is InChI=1S/C13H15N3S/c1-9-5-10(2)15-13(6-9)16-12(14)7-11-3-4-17-8-11/h3-6,8H,7H2,1-2H3,(H2,14,15,16). The van der Waals surface area contributed by atoms with Crippen molar-refractivity contribution in [2.24, 2.45) is 10.7 Å². The fourth-order valence-corrected chi connectivity index (χ4v) is 2.33. The molecule has 0 amide bonds. The molecule has 2 heterocycles. The van der Waals surface area contributed by atoms with Crippen molar-refractivity contribution in [1.82, 2.24) is 4.98 Å². The van der Waals surface area contributed by atoms with E-state index >= 15 is 0 Å². The number of aromatic nitrogens is 1. The summed E-state index contributed by atoms with van der Waals surface area (Å²) in [5.41, 5.74) is 9.22. The van der Waals surface area contributed by atoms with Gasteiger partial charge in [0, 0.05) is 12.1 Å². The molecule has 0 fully saturated rings. The number of nitrogens with zero attached hydrogens (tertiary/aromatic N) is 2. The van der Waals surface area contributed by atoms with E-state index < -0.39 is 0 Å². The van der Waals surface area contributed by atoms with E-state index in [9.17, 15) is 0 Å². The highest BCUT2D eigenvalue weighted by Gasteiger charge is 2.00. The molecule has 4 heteroatoms. The topological polar surface area (TPSA) is 51.3 Å². The fraction of sp³-hybridized carbons (Fsp3) is 0.231. The van der Waals surface area contributed by atoms with Gasteiger partial charge in [-0.3, -0.25) is 0 Å². The lowest BCUT2D eigenvalue weighted by atomic mass is 10.2. The van der Waals surface area contributed by atoms with Crippen LogP contribution in [0.1, 0.15) is 16.8 Å². The zero-order valence-corrected chi connectivity index (χ0v) is 10.8. The second-order valence-electron chi connectivity index (χ2n) is 4.06. The monoisotopic (exact) mass is 245 g/mol. The smallest absolute Gasteiger partial charge is 0.154 e. The summed E-state index contributed by atoms with van der Waals surface area (Å²) in [7, 11) is 0. The minimum atomic E-state index is 0.598. The molecule has 0 aliphatic carbocycles. The van der Waals surface area contributed by atoms with E-state index in [2.05, 4.69) is 21.4 Å².